The van der Waals surface area contributed by atoms with Crippen LogP contribution in [0.3, 0.4) is 0 Å². The van der Waals surface area contributed by atoms with Crippen molar-refractivity contribution in [2.75, 3.05) is 19.6 Å². The van der Waals surface area contributed by atoms with Crippen LogP contribution in [0.5, 0.6) is 0 Å². The van der Waals surface area contributed by atoms with Crippen LogP contribution >= 0.6 is 0 Å². The van der Waals surface area contributed by atoms with Crippen LogP contribution in [0.2, 0.25) is 0 Å². The molecule has 1 aliphatic rings. The zero-order valence-corrected chi connectivity index (χ0v) is 10.8. The minimum atomic E-state index is 0.0112. The molecule has 1 heterocycles. The van der Waals surface area contributed by atoms with Crippen LogP contribution in [-0.2, 0) is 6.42 Å². The summed E-state index contributed by atoms with van der Waals surface area (Å²) in [6, 6.07) is 7.81. The molecule has 0 unspecified atom stereocenters. The average molecular weight is 244 g/mol. The molecule has 0 aromatic heterocycles. The molecule has 1 aromatic rings. The van der Waals surface area contributed by atoms with E-state index < -0.39 is 0 Å². The lowest BCUT2D eigenvalue weighted by atomic mass is 10.1. The van der Waals surface area contributed by atoms with Gasteiger partial charge in [-0.05, 0) is 37.1 Å². The van der Waals surface area contributed by atoms with Gasteiger partial charge in [0.2, 0.25) is 0 Å². The number of hydrogen-bond acceptors (Lipinski definition) is 2. The van der Waals surface area contributed by atoms with E-state index in [1.807, 2.05) is 24.3 Å². The fourth-order valence-corrected chi connectivity index (χ4v) is 2.02. The molecule has 1 amide bonds. The van der Waals surface area contributed by atoms with E-state index in [0.29, 0.717) is 6.54 Å². The zero-order chi connectivity index (χ0) is 12.8. The highest BCUT2D eigenvalue weighted by molar-refractivity contribution is 5.94. The maximum atomic E-state index is 11.9. The fraction of sp³-hybridized carbons (Fsp3) is 0.400. The molecule has 0 fully saturated rings. The van der Waals surface area contributed by atoms with Crippen molar-refractivity contribution in [3.63, 3.8) is 0 Å². The molecule has 3 heteroatoms. The number of rotatable bonds is 4. The summed E-state index contributed by atoms with van der Waals surface area (Å²) < 4.78 is 0. The molecule has 18 heavy (non-hydrogen) atoms. The number of nitrogens with one attached hydrogen (secondary N) is 2. The first-order valence-corrected chi connectivity index (χ1v) is 6.55. The first-order chi connectivity index (χ1) is 8.79. The molecule has 0 bridgehead atoms. The van der Waals surface area contributed by atoms with Crippen molar-refractivity contribution in [2.24, 2.45) is 0 Å². The lowest BCUT2D eigenvalue weighted by molar-refractivity contribution is 0.0956. The summed E-state index contributed by atoms with van der Waals surface area (Å²) in [5.41, 5.74) is 3.31. The number of carbonyl (C=O) groups excluding carboxylic acids is 1. The van der Waals surface area contributed by atoms with Crippen LogP contribution in [0.15, 0.2) is 35.9 Å². The number of carbonyl (C=O) groups is 1. The van der Waals surface area contributed by atoms with Gasteiger partial charge in [0.1, 0.15) is 0 Å². The largest absolute Gasteiger partial charge is 0.348 e. The van der Waals surface area contributed by atoms with Gasteiger partial charge in [-0.2, -0.15) is 0 Å². The predicted octanol–water partition coefficient (Wildman–Crippen LogP) is 1.90. The van der Waals surface area contributed by atoms with Gasteiger partial charge in [-0.15, -0.1) is 0 Å². The van der Waals surface area contributed by atoms with Crippen molar-refractivity contribution in [3.05, 3.63) is 47.0 Å². The van der Waals surface area contributed by atoms with Gasteiger partial charge >= 0.3 is 0 Å². The van der Waals surface area contributed by atoms with E-state index in [1.165, 1.54) is 11.1 Å². The summed E-state index contributed by atoms with van der Waals surface area (Å²) in [5, 5.41) is 6.23. The topological polar surface area (TPSA) is 41.1 Å². The van der Waals surface area contributed by atoms with E-state index in [0.717, 1.165) is 31.5 Å². The van der Waals surface area contributed by atoms with Crippen molar-refractivity contribution in [2.45, 2.75) is 19.8 Å². The lowest BCUT2D eigenvalue weighted by Gasteiger charge is -2.14. The van der Waals surface area contributed by atoms with Crippen molar-refractivity contribution >= 4 is 5.91 Å². The van der Waals surface area contributed by atoms with E-state index in [1.54, 1.807) is 0 Å². The van der Waals surface area contributed by atoms with Crippen molar-refractivity contribution < 1.29 is 4.79 Å². The van der Waals surface area contributed by atoms with Gasteiger partial charge < -0.3 is 10.6 Å². The molecule has 0 saturated heterocycles. The van der Waals surface area contributed by atoms with Gasteiger partial charge in [-0.25, -0.2) is 0 Å². The van der Waals surface area contributed by atoms with Crippen LogP contribution in [0.25, 0.3) is 0 Å². The highest BCUT2D eigenvalue weighted by Crippen LogP contribution is 2.06. The molecule has 1 aromatic carbocycles. The standard InChI is InChI=1S/C15H20N2O/c1-2-12-3-5-14(6-4-12)15(18)17-11-13-7-9-16-10-8-13/h3-7,16H,2,8-11H2,1H3,(H,17,18). The first kappa shape index (κ1) is 12.8. The van der Waals surface area contributed by atoms with E-state index in [2.05, 4.69) is 23.6 Å². The van der Waals surface area contributed by atoms with Gasteiger partial charge in [0.15, 0.2) is 0 Å². The number of aryl methyl sites for hydroxylation is 1. The third kappa shape index (κ3) is 3.44. The number of hydrogen-bond donors (Lipinski definition) is 2. The van der Waals surface area contributed by atoms with Crippen LogP contribution in [-0.4, -0.2) is 25.5 Å². The summed E-state index contributed by atoms with van der Waals surface area (Å²) >= 11 is 0. The normalized spacial score (nSPS) is 15.1. The Balaban J connectivity index is 1.88. The van der Waals surface area contributed by atoms with E-state index >= 15 is 0 Å². The Morgan fingerprint density at radius 1 is 1.33 bits per heavy atom. The third-order valence-corrected chi connectivity index (χ3v) is 3.26. The van der Waals surface area contributed by atoms with Crippen LogP contribution < -0.4 is 10.6 Å². The number of benzene rings is 1. The van der Waals surface area contributed by atoms with Gasteiger partial charge in [0.05, 0.1) is 0 Å². The van der Waals surface area contributed by atoms with Gasteiger partial charge in [0, 0.05) is 18.7 Å². The molecule has 0 aliphatic carbocycles. The maximum Gasteiger partial charge on any atom is 0.251 e. The molecule has 1 aliphatic heterocycles. The van der Waals surface area contributed by atoms with Gasteiger partial charge in [0.25, 0.3) is 5.91 Å². The second-order valence-corrected chi connectivity index (χ2v) is 4.55. The predicted molar refractivity (Wildman–Crippen MR) is 73.7 cm³/mol. The van der Waals surface area contributed by atoms with Crippen molar-refractivity contribution in [1.29, 1.82) is 0 Å². The molecular formula is C15H20N2O. The van der Waals surface area contributed by atoms with Crippen molar-refractivity contribution in [1.82, 2.24) is 10.6 Å². The maximum absolute atomic E-state index is 11.9. The van der Waals surface area contributed by atoms with E-state index in [4.69, 9.17) is 0 Å². The SMILES string of the molecule is CCc1ccc(C(=O)NCC2=CCNCC2)cc1. The zero-order valence-electron chi connectivity index (χ0n) is 10.8. The average Bonchev–Trinajstić information content (AvgIpc) is 2.46. The second-order valence-electron chi connectivity index (χ2n) is 4.55. The Hall–Kier alpha value is -1.61. The summed E-state index contributed by atoms with van der Waals surface area (Å²) in [6.07, 6.45) is 4.18. The molecule has 2 N–H and O–H groups in total. The smallest absolute Gasteiger partial charge is 0.251 e. The number of amides is 1. The Kier molecular flexibility index (Phi) is 4.53. The fourth-order valence-electron chi connectivity index (χ4n) is 2.02. The Morgan fingerprint density at radius 2 is 2.11 bits per heavy atom. The second kappa shape index (κ2) is 6.36. The van der Waals surface area contributed by atoms with Crippen LogP contribution in [0, 0.1) is 0 Å². The minimum absolute atomic E-state index is 0.0112. The van der Waals surface area contributed by atoms with E-state index in [-0.39, 0.29) is 5.91 Å². The third-order valence-electron chi connectivity index (χ3n) is 3.26. The Morgan fingerprint density at radius 3 is 2.72 bits per heavy atom. The summed E-state index contributed by atoms with van der Waals surface area (Å²) in [4.78, 5) is 11.9. The highest BCUT2D eigenvalue weighted by atomic mass is 16.1. The van der Waals surface area contributed by atoms with Gasteiger partial charge in [-0.1, -0.05) is 30.7 Å². The summed E-state index contributed by atoms with van der Waals surface area (Å²) in [5.74, 6) is 0.0112. The monoisotopic (exact) mass is 244 g/mol. The molecular weight excluding hydrogens is 224 g/mol. The summed E-state index contributed by atoms with van der Waals surface area (Å²) in [7, 11) is 0. The van der Waals surface area contributed by atoms with Crippen LogP contribution in [0.1, 0.15) is 29.3 Å². The molecule has 0 radical (unpaired) electrons. The van der Waals surface area contributed by atoms with Gasteiger partial charge in [-0.3, -0.25) is 4.79 Å². The summed E-state index contributed by atoms with van der Waals surface area (Å²) in [6.45, 7) is 4.69. The molecule has 2 rings (SSSR count). The first-order valence-electron chi connectivity index (χ1n) is 6.55. The molecule has 0 atom stereocenters. The Labute approximate surface area is 108 Å². The Bertz CT molecular complexity index is 434. The highest BCUT2D eigenvalue weighted by Gasteiger charge is 2.07. The van der Waals surface area contributed by atoms with Crippen LogP contribution in [0.4, 0.5) is 0 Å². The van der Waals surface area contributed by atoms with Crippen molar-refractivity contribution in [3.8, 4) is 0 Å². The minimum Gasteiger partial charge on any atom is -0.348 e. The lowest BCUT2D eigenvalue weighted by Crippen LogP contribution is -2.29. The van der Waals surface area contributed by atoms with E-state index in [9.17, 15) is 4.79 Å². The molecule has 0 saturated carbocycles. The quantitative estimate of drug-likeness (QED) is 0.794. The molecule has 96 valence electrons. The molecule has 3 nitrogen and oxygen atoms in total. The molecule has 0 spiro atoms.